The van der Waals surface area contributed by atoms with E-state index in [1.54, 1.807) is 41.3 Å². The summed E-state index contributed by atoms with van der Waals surface area (Å²) in [6.45, 7) is 0.202. The summed E-state index contributed by atoms with van der Waals surface area (Å²) in [6.07, 6.45) is 3.39. The summed E-state index contributed by atoms with van der Waals surface area (Å²) < 4.78 is 23.4. The van der Waals surface area contributed by atoms with Crippen LogP contribution in [-0.2, 0) is 10.0 Å². The van der Waals surface area contributed by atoms with Gasteiger partial charge in [0.2, 0.25) is 10.0 Å². The van der Waals surface area contributed by atoms with Gasteiger partial charge in [-0.2, -0.15) is 5.10 Å². The highest BCUT2D eigenvalue weighted by molar-refractivity contribution is 7.89. The summed E-state index contributed by atoms with van der Waals surface area (Å²) in [4.78, 5) is 0. The average molecular weight is 301 g/mol. The van der Waals surface area contributed by atoms with Crippen molar-refractivity contribution < 1.29 is 8.42 Å². The van der Waals surface area contributed by atoms with Gasteiger partial charge in [-0.15, -0.1) is 0 Å². The lowest BCUT2D eigenvalue weighted by molar-refractivity contribution is 0.598. The number of sulfonamides is 1. The molecular formula is C11H13ClN4O2S. The third-order valence-corrected chi connectivity index (χ3v) is 3.50. The van der Waals surface area contributed by atoms with Crippen molar-refractivity contribution in [2.75, 3.05) is 17.6 Å². The fraction of sp³-hybridized carbons (Fsp3) is 0.182. The van der Waals surface area contributed by atoms with Gasteiger partial charge in [-0.1, -0.05) is 17.7 Å². The third-order valence-electron chi connectivity index (χ3n) is 2.42. The van der Waals surface area contributed by atoms with Gasteiger partial charge in [0.25, 0.3) is 0 Å². The highest BCUT2D eigenvalue weighted by Crippen LogP contribution is 2.27. The minimum Gasteiger partial charge on any atom is -0.382 e. The maximum Gasteiger partial charge on any atom is 0.210 e. The number of aromatic nitrogens is 2. The van der Waals surface area contributed by atoms with Gasteiger partial charge in [-0.3, -0.25) is 0 Å². The lowest BCUT2D eigenvalue weighted by Crippen LogP contribution is -2.22. The molecule has 0 aliphatic heterocycles. The summed E-state index contributed by atoms with van der Waals surface area (Å²) in [5.41, 5.74) is 1.36. The minimum absolute atomic E-state index is 0.155. The lowest BCUT2D eigenvalue weighted by atomic mass is 10.2. The van der Waals surface area contributed by atoms with Crippen LogP contribution >= 0.6 is 11.6 Å². The number of halogens is 1. The molecule has 0 unspecified atom stereocenters. The summed E-state index contributed by atoms with van der Waals surface area (Å²) in [7, 11) is -3.49. The molecule has 2 aromatic rings. The van der Waals surface area contributed by atoms with Crippen molar-refractivity contribution in [2.24, 2.45) is 5.14 Å². The smallest absolute Gasteiger partial charge is 0.210 e. The number of benzene rings is 1. The van der Waals surface area contributed by atoms with Crippen LogP contribution in [0.4, 0.5) is 5.69 Å². The molecule has 1 aromatic heterocycles. The molecule has 1 aromatic carbocycles. The molecule has 0 saturated carbocycles. The zero-order chi connectivity index (χ0) is 13.9. The Hall–Kier alpha value is -1.57. The molecule has 102 valence electrons. The van der Waals surface area contributed by atoms with Gasteiger partial charge >= 0.3 is 0 Å². The normalized spacial score (nSPS) is 11.5. The van der Waals surface area contributed by atoms with Crippen LogP contribution in [0.15, 0.2) is 36.7 Å². The van der Waals surface area contributed by atoms with E-state index < -0.39 is 10.0 Å². The largest absolute Gasteiger partial charge is 0.382 e. The predicted molar refractivity (Wildman–Crippen MR) is 75.0 cm³/mol. The molecule has 0 bridgehead atoms. The van der Waals surface area contributed by atoms with E-state index in [9.17, 15) is 8.42 Å². The van der Waals surface area contributed by atoms with Crippen LogP contribution in [0.5, 0.6) is 0 Å². The predicted octanol–water partition coefficient (Wildman–Crippen LogP) is 1.23. The van der Waals surface area contributed by atoms with Gasteiger partial charge < -0.3 is 5.32 Å². The van der Waals surface area contributed by atoms with Crippen molar-refractivity contribution in [3.8, 4) is 5.69 Å². The second-order valence-corrected chi connectivity index (χ2v) is 6.02. The zero-order valence-electron chi connectivity index (χ0n) is 9.95. The fourth-order valence-corrected chi connectivity index (χ4v) is 2.27. The third kappa shape index (κ3) is 3.69. The molecule has 0 atom stereocenters. The molecular weight excluding hydrogens is 288 g/mol. The molecule has 1 heterocycles. The van der Waals surface area contributed by atoms with Crippen LogP contribution < -0.4 is 10.5 Å². The molecule has 3 N–H and O–H groups in total. The Morgan fingerprint density at radius 2 is 2.16 bits per heavy atom. The first-order valence-electron chi connectivity index (χ1n) is 5.50. The van der Waals surface area contributed by atoms with E-state index in [-0.39, 0.29) is 12.3 Å². The maximum atomic E-state index is 10.9. The molecule has 0 fully saturated rings. The Bertz CT molecular complexity index is 655. The molecule has 0 aliphatic carbocycles. The van der Waals surface area contributed by atoms with Gasteiger partial charge in [0, 0.05) is 18.9 Å². The van der Waals surface area contributed by atoms with Crippen molar-refractivity contribution in [3.63, 3.8) is 0 Å². The van der Waals surface area contributed by atoms with Crippen LogP contribution in [-0.4, -0.2) is 30.5 Å². The fourth-order valence-electron chi connectivity index (χ4n) is 1.62. The monoisotopic (exact) mass is 300 g/mol. The highest BCUT2D eigenvalue weighted by atomic mass is 35.5. The summed E-state index contributed by atoms with van der Waals surface area (Å²) in [6, 6.07) is 7.08. The molecule has 2 rings (SSSR count). The second kappa shape index (κ2) is 5.60. The topological polar surface area (TPSA) is 90.0 Å². The SMILES string of the molecule is NS(=O)(=O)CCNc1cccc(Cl)c1-n1cccn1. The molecule has 0 radical (unpaired) electrons. The van der Waals surface area contributed by atoms with Crippen molar-refractivity contribution in [1.82, 2.24) is 9.78 Å². The number of primary sulfonamides is 1. The number of nitrogens with two attached hydrogens (primary N) is 1. The Morgan fingerprint density at radius 3 is 2.79 bits per heavy atom. The summed E-state index contributed by atoms with van der Waals surface area (Å²) >= 11 is 6.15. The Labute approximate surface area is 116 Å². The van der Waals surface area contributed by atoms with Crippen LogP contribution in [0.1, 0.15) is 0 Å². The summed E-state index contributed by atoms with van der Waals surface area (Å²) in [5, 5.41) is 12.6. The van der Waals surface area contributed by atoms with Gasteiger partial charge in [-0.05, 0) is 18.2 Å². The number of nitrogens with zero attached hydrogens (tertiary/aromatic N) is 2. The maximum absolute atomic E-state index is 10.9. The quantitative estimate of drug-likeness (QED) is 0.869. The average Bonchev–Trinajstić information content (AvgIpc) is 2.80. The standard InChI is InChI=1S/C11H13ClN4O2S/c12-9-3-1-4-10(14-6-8-19(13,17)18)11(9)16-7-2-5-15-16/h1-5,7,14H,6,8H2,(H2,13,17,18). The van der Waals surface area contributed by atoms with Crippen LogP contribution in [0.25, 0.3) is 5.69 Å². The first-order valence-corrected chi connectivity index (χ1v) is 7.59. The van der Waals surface area contributed by atoms with Crippen molar-refractivity contribution >= 4 is 27.3 Å². The minimum atomic E-state index is -3.49. The van der Waals surface area contributed by atoms with E-state index >= 15 is 0 Å². The van der Waals surface area contributed by atoms with Crippen molar-refractivity contribution in [2.45, 2.75) is 0 Å². The van der Waals surface area contributed by atoms with E-state index in [0.29, 0.717) is 16.4 Å². The number of nitrogens with one attached hydrogen (secondary N) is 1. The first-order chi connectivity index (χ1) is 8.97. The van der Waals surface area contributed by atoms with Crippen LogP contribution in [0.2, 0.25) is 5.02 Å². The van der Waals surface area contributed by atoms with E-state index in [2.05, 4.69) is 10.4 Å². The molecule has 0 spiro atoms. The lowest BCUT2D eigenvalue weighted by Gasteiger charge is -2.13. The first kappa shape index (κ1) is 13.9. The molecule has 0 aliphatic rings. The second-order valence-electron chi connectivity index (χ2n) is 3.88. The molecule has 6 nitrogen and oxygen atoms in total. The van der Waals surface area contributed by atoms with Crippen molar-refractivity contribution in [3.05, 3.63) is 41.7 Å². The van der Waals surface area contributed by atoms with Crippen molar-refractivity contribution in [1.29, 1.82) is 0 Å². The van der Waals surface area contributed by atoms with Gasteiger partial charge in [0.05, 0.1) is 16.5 Å². The van der Waals surface area contributed by atoms with Gasteiger partial charge in [0.1, 0.15) is 5.69 Å². The van der Waals surface area contributed by atoms with Gasteiger partial charge in [0.15, 0.2) is 0 Å². The number of anilines is 1. The Morgan fingerprint density at radius 1 is 1.37 bits per heavy atom. The van der Waals surface area contributed by atoms with E-state index in [1.165, 1.54) is 0 Å². The number of hydrogen-bond acceptors (Lipinski definition) is 4. The highest BCUT2D eigenvalue weighted by Gasteiger charge is 2.10. The number of para-hydroxylation sites is 1. The number of hydrogen-bond donors (Lipinski definition) is 2. The molecule has 19 heavy (non-hydrogen) atoms. The van der Waals surface area contributed by atoms with Crippen LogP contribution in [0, 0.1) is 0 Å². The Balaban J connectivity index is 2.24. The van der Waals surface area contributed by atoms with E-state index in [4.69, 9.17) is 16.7 Å². The molecule has 0 saturated heterocycles. The van der Waals surface area contributed by atoms with E-state index in [0.717, 1.165) is 0 Å². The summed E-state index contributed by atoms with van der Waals surface area (Å²) in [5.74, 6) is -0.155. The Kier molecular flexibility index (Phi) is 4.08. The molecule has 8 heteroatoms. The number of rotatable bonds is 5. The van der Waals surface area contributed by atoms with E-state index in [1.807, 2.05) is 0 Å². The van der Waals surface area contributed by atoms with Crippen LogP contribution in [0.3, 0.4) is 0 Å². The molecule has 0 amide bonds. The van der Waals surface area contributed by atoms with Gasteiger partial charge in [-0.25, -0.2) is 18.2 Å². The zero-order valence-corrected chi connectivity index (χ0v) is 11.5.